The first-order valence-electron chi connectivity index (χ1n) is 8.06. The summed E-state index contributed by atoms with van der Waals surface area (Å²) in [5.41, 5.74) is 8.72. The SMILES string of the molecule is CN(C)CCNC(=O)c1cc(N)cc(-c2nc3c(o2)=CCC=CN=3)c1. The molecule has 3 rings (SSSR count). The highest BCUT2D eigenvalue weighted by Gasteiger charge is 2.13. The number of carbonyl (C=O) groups excluding carboxylic acids is 1. The van der Waals surface area contributed by atoms with E-state index in [0.717, 1.165) is 13.0 Å². The Balaban J connectivity index is 1.89. The van der Waals surface area contributed by atoms with Crippen molar-refractivity contribution in [3.8, 4) is 11.5 Å². The Morgan fingerprint density at radius 2 is 2.20 bits per heavy atom. The number of anilines is 1. The van der Waals surface area contributed by atoms with Crippen molar-refractivity contribution >= 4 is 17.7 Å². The van der Waals surface area contributed by atoms with Gasteiger partial charge >= 0.3 is 0 Å². The molecule has 1 amide bonds. The molecule has 2 aromatic rings. The van der Waals surface area contributed by atoms with Crippen molar-refractivity contribution in [3.63, 3.8) is 0 Å². The van der Waals surface area contributed by atoms with Crippen molar-refractivity contribution < 1.29 is 9.21 Å². The number of hydrogen-bond acceptors (Lipinski definition) is 6. The normalized spacial score (nSPS) is 12.9. The number of fused-ring (bicyclic) bond motifs is 1. The second-order valence-corrected chi connectivity index (χ2v) is 6.06. The maximum atomic E-state index is 12.3. The van der Waals surface area contributed by atoms with E-state index in [2.05, 4.69) is 15.3 Å². The molecular weight excluding hydrogens is 318 g/mol. The Kier molecular flexibility index (Phi) is 4.95. The van der Waals surface area contributed by atoms with Crippen LogP contribution in [-0.2, 0) is 0 Å². The van der Waals surface area contributed by atoms with Crippen LogP contribution in [-0.4, -0.2) is 43.0 Å². The molecule has 0 atom stereocenters. The summed E-state index contributed by atoms with van der Waals surface area (Å²) in [6.07, 6.45) is 6.28. The maximum Gasteiger partial charge on any atom is 0.251 e. The number of nitrogens with two attached hydrogens (primary N) is 1. The summed E-state index contributed by atoms with van der Waals surface area (Å²) in [6, 6.07) is 5.10. The lowest BCUT2D eigenvalue weighted by molar-refractivity contribution is 0.0951. The molecule has 2 heterocycles. The number of likely N-dealkylation sites (N-methyl/N-ethyl adjacent to an activating group) is 1. The lowest BCUT2D eigenvalue weighted by Gasteiger charge is -2.11. The fraction of sp³-hybridized carbons (Fsp3) is 0.278. The number of nitrogens with zero attached hydrogens (tertiary/aromatic N) is 3. The van der Waals surface area contributed by atoms with Crippen LogP contribution in [0.5, 0.6) is 0 Å². The predicted octanol–water partition coefficient (Wildman–Crippen LogP) is 0.533. The lowest BCUT2D eigenvalue weighted by Crippen LogP contribution is -2.31. The summed E-state index contributed by atoms with van der Waals surface area (Å²) in [6.45, 7) is 1.32. The molecule has 7 nitrogen and oxygen atoms in total. The first-order chi connectivity index (χ1) is 12.0. The first-order valence-corrected chi connectivity index (χ1v) is 8.06. The third kappa shape index (κ3) is 4.13. The van der Waals surface area contributed by atoms with Crippen LogP contribution in [0.25, 0.3) is 17.5 Å². The van der Waals surface area contributed by atoms with Crippen LogP contribution in [0.2, 0.25) is 0 Å². The highest BCUT2D eigenvalue weighted by atomic mass is 16.3. The molecule has 1 aromatic carbocycles. The zero-order valence-electron chi connectivity index (χ0n) is 14.3. The minimum Gasteiger partial charge on any atom is -0.435 e. The standard InChI is InChI=1S/C18H21N5O2/c1-23(2)8-7-21-17(24)12-9-13(11-14(19)10-12)18-22-16-15(25-18)5-3-4-6-20-16/h4-6,9-11H,3,7-8,19H2,1-2H3,(H,21,24). The zero-order chi connectivity index (χ0) is 17.8. The maximum absolute atomic E-state index is 12.3. The second kappa shape index (κ2) is 7.31. The van der Waals surface area contributed by atoms with E-state index in [9.17, 15) is 4.79 Å². The van der Waals surface area contributed by atoms with E-state index in [-0.39, 0.29) is 5.91 Å². The molecule has 0 saturated heterocycles. The Morgan fingerprint density at radius 3 is 3.00 bits per heavy atom. The van der Waals surface area contributed by atoms with Gasteiger partial charge < -0.3 is 20.4 Å². The molecule has 1 aliphatic heterocycles. The zero-order valence-corrected chi connectivity index (χ0v) is 14.3. The summed E-state index contributed by atoms with van der Waals surface area (Å²) < 4.78 is 5.78. The van der Waals surface area contributed by atoms with E-state index >= 15 is 0 Å². The minimum atomic E-state index is -0.178. The summed E-state index contributed by atoms with van der Waals surface area (Å²) in [7, 11) is 3.91. The van der Waals surface area contributed by atoms with E-state index in [1.807, 2.05) is 31.1 Å². The average Bonchev–Trinajstić information content (AvgIpc) is 2.85. The Bertz CT molecular complexity index is 927. The van der Waals surface area contributed by atoms with Gasteiger partial charge in [0.15, 0.2) is 10.9 Å². The van der Waals surface area contributed by atoms with Crippen LogP contribution >= 0.6 is 0 Å². The van der Waals surface area contributed by atoms with E-state index in [1.54, 1.807) is 24.4 Å². The summed E-state index contributed by atoms with van der Waals surface area (Å²) in [5.74, 6) is 0.220. The van der Waals surface area contributed by atoms with Crippen molar-refractivity contribution in [3.05, 3.63) is 46.9 Å². The highest BCUT2D eigenvalue weighted by Crippen LogP contribution is 2.21. The minimum absolute atomic E-state index is 0.178. The van der Waals surface area contributed by atoms with Gasteiger partial charge in [-0.15, -0.1) is 0 Å². The topological polar surface area (TPSA) is 96.8 Å². The van der Waals surface area contributed by atoms with Gasteiger partial charge in [0, 0.05) is 36.1 Å². The van der Waals surface area contributed by atoms with Crippen molar-refractivity contribution in [2.45, 2.75) is 6.42 Å². The van der Waals surface area contributed by atoms with Gasteiger partial charge in [0.2, 0.25) is 5.89 Å². The number of nitrogens with one attached hydrogen (secondary N) is 1. The van der Waals surface area contributed by atoms with Crippen molar-refractivity contribution in [2.24, 2.45) is 4.99 Å². The fourth-order valence-corrected chi connectivity index (χ4v) is 2.43. The summed E-state index contributed by atoms with van der Waals surface area (Å²) in [4.78, 5) is 23.0. The van der Waals surface area contributed by atoms with Gasteiger partial charge in [-0.1, -0.05) is 6.08 Å². The predicted molar refractivity (Wildman–Crippen MR) is 96.2 cm³/mol. The van der Waals surface area contributed by atoms with Crippen LogP contribution in [0.15, 0.2) is 39.9 Å². The van der Waals surface area contributed by atoms with Crippen molar-refractivity contribution in [2.75, 3.05) is 32.9 Å². The summed E-state index contributed by atoms with van der Waals surface area (Å²) in [5, 5.41) is 2.87. The molecule has 7 heteroatoms. The van der Waals surface area contributed by atoms with Crippen LogP contribution in [0.1, 0.15) is 16.8 Å². The molecule has 1 aliphatic rings. The molecule has 3 N–H and O–H groups in total. The third-order valence-electron chi connectivity index (χ3n) is 3.69. The van der Waals surface area contributed by atoms with Crippen LogP contribution in [0.4, 0.5) is 5.69 Å². The monoisotopic (exact) mass is 339 g/mol. The molecule has 25 heavy (non-hydrogen) atoms. The molecule has 0 unspecified atom stereocenters. The van der Waals surface area contributed by atoms with Gasteiger partial charge in [-0.3, -0.25) is 4.79 Å². The van der Waals surface area contributed by atoms with Crippen LogP contribution < -0.4 is 22.0 Å². The molecule has 0 saturated carbocycles. The van der Waals surface area contributed by atoms with Crippen molar-refractivity contribution in [1.82, 2.24) is 15.2 Å². The largest absolute Gasteiger partial charge is 0.435 e. The first kappa shape index (κ1) is 16.9. The second-order valence-electron chi connectivity index (χ2n) is 6.06. The van der Waals surface area contributed by atoms with Crippen LogP contribution in [0, 0.1) is 0 Å². The third-order valence-corrected chi connectivity index (χ3v) is 3.69. The number of aromatic nitrogens is 1. The van der Waals surface area contributed by atoms with Gasteiger partial charge in [-0.25, -0.2) is 4.99 Å². The number of allylic oxidation sites excluding steroid dienone is 1. The Hall–Kier alpha value is -2.93. The van der Waals surface area contributed by atoms with Crippen molar-refractivity contribution in [1.29, 1.82) is 0 Å². The molecule has 0 spiro atoms. The molecule has 0 aliphatic carbocycles. The van der Waals surface area contributed by atoms with E-state index in [0.29, 0.717) is 40.2 Å². The van der Waals surface area contributed by atoms with Gasteiger partial charge in [0.1, 0.15) is 0 Å². The number of amides is 1. The number of oxazole rings is 1. The van der Waals surface area contributed by atoms with Gasteiger partial charge in [-0.05, 0) is 44.8 Å². The molecule has 0 radical (unpaired) electrons. The Morgan fingerprint density at radius 1 is 1.36 bits per heavy atom. The Labute approximate surface area is 145 Å². The smallest absolute Gasteiger partial charge is 0.251 e. The molecule has 0 bridgehead atoms. The van der Waals surface area contributed by atoms with Crippen LogP contribution in [0.3, 0.4) is 0 Å². The van der Waals surface area contributed by atoms with Gasteiger partial charge in [-0.2, -0.15) is 4.98 Å². The quantitative estimate of drug-likeness (QED) is 0.775. The molecule has 1 aromatic heterocycles. The van der Waals surface area contributed by atoms with E-state index in [4.69, 9.17) is 10.2 Å². The molecule has 130 valence electrons. The molecular formula is C18H21N5O2. The lowest BCUT2D eigenvalue weighted by atomic mass is 10.1. The molecule has 0 fully saturated rings. The van der Waals surface area contributed by atoms with Gasteiger partial charge in [0.25, 0.3) is 5.91 Å². The number of hydrogen-bond donors (Lipinski definition) is 2. The summed E-state index contributed by atoms with van der Waals surface area (Å²) >= 11 is 0. The number of nitrogen functional groups attached to an aromatic ring is 1. The highest BCUT2D eigenvalue weighted by molar-refractivity contribution is 5.96. The van der Waals surface area contributed by atoms with Gasteiger partial charge in [0.05, 0.1) is 0 Å². The average molecular weight is 339 g/mol. The van der Waals surface area contributed by atoms with E-state index < -0.39 is 0 Å². The fourth-order valence-electron chi connectivity index (χ4n) is 2.43. The number of carbonyl (C=O) groups is 1. The number of rotatable bonds is 5. The number of benzene rings is 1. The van der Waals surface area contributed by atoms with E-state index in [1.165, 1.54) is 0 Å².